The van der Waals surface area contributed by atoms with Crippen LogP contribution >= 0.6 is 0 Å². The average Bonchev–Trinajstić information content (AvgIpc) is 2.46. The molecule has 0 aromatic rings. The molecule has 0 aliphatic carbocycles. The first-order valence-corrected chi connectivity index (χ1v) is 7.15. The van der Waals surface area contributed by atoms with Crippen LogP contribution in [-0.4, -0.2) is 43.4 Å². The monoisotopic (exact) mass is 297 g/mol. The zero-order valence-corrected chi connectivity index (χ0v) is 12.6. The number of carbonyl (C=O) groups excluding carboxylic acids is 1. The van der Waals surface area contributed by atoms with Gasteiger partial charge in [-0.1, -0.05) is 0 Å². The quantitative estimate of drug-likeness (QED) is 0.420. The topological polar surface area (TPSA) is 84.9 Å². The third-order valence-electron chi connectivity index (χ3n) is 3.30. The van der Waals surface area contributed by atoms with Crippen LogP contribution in [0.1, 0.15) is 26.7 Å². The standard InChI is InChI=1S/C15H23NO5/c1-3-21-14(17)5-4-13(15(18)19)11(2)16-10-12-6-8-20-9-7-12/h4-5,12,16H,3,6-10H2,1-2H3,(H,18,19). The largest absolute Gasteiger partial charge is 0.478 e. The lowest BCUT2D eigenvalue weighted by Crippen LogP contribution is -2.27. The fourth-order valence-electron chi connectivity index (χ4n) is 2.04. The van der Waals surface area contributed by atoms with Gasteiger partial charge < -0.3 is 19.9 Å². The first-order chi connectivity index (χ1) is 10.0. The number of carbonyl (C=O) groups is 2. The van der Waals surface area contributed by atoms with E-state index in [0.29, 0.717) is 18.2 Å². The predicted octanol–water partition coefficient (Wildman–Crippen LogP) is 1.48. The van der Waals surface area contributed by atoms with Gasteiger partial charge in [0.25, 0.3) is 0 Å². The van der Waals surface area contributed by atoms with E-state index in [1.165, 1.54) is 6.08 Å². The Morgan fingerprint density at radius 2 is 2.00 bits per heavy atom. The Kier molecular flexibility index (Phi) is 7.53. The summed E-state index contributed by atoms with van der Waals surface area (Å²) >= 11 is 0. The number of hydrogen-bond donors (Lipinski definition) is 2. The molecule has 118 valence electrons. The maximum absolute atomic E-state index is 11.2. The first-order valence-electron chi connectivity index (χ1n) is 7.15. The van der Waals surface area contributed by atoms with Crippen LogP contribution in [0.5, 0.6) is 0 Å². The summed E-state index contributed by atoms with van der Waals surface area (Å²) in [6.07, 6.45) is 4.35. The minimum atomic E-state index is -1.08. The molecule has 6 nitrogen and oxygen atoms in total. The zero-order valence-electron chi connectivity index (χ0n) is 12.6. The second-order valence-electron chi connectivity index (χ2n) is 4.87. The highest BCUT2D eigenvalue weighted by Gasteiger charge is 2.15. The van der Waals surface area contributed by atoms with Gasteiger partial charge in [0.2, 0.25) is 0 Å². The molecule has 0 unspecified atom stereocenters. The number of rotatable bonds is 7. The summed E-state index contributed by atoms with van der Waals surface area (Å²) in [5.74, 6) is -1.14. The van der Waals surface area contributed by atoms with Gasteiger partial charge in [0.15, 0.2) is 0 Å². The molecule has 1 rings (SSSR count). The smallest absolute Gasteiger partial charge is 0.337 e. The molecular formula is C15H23NO5. The van der Waals surface area contributed by atoms with Gasteiger partial charge in [0, 0.05) is 31.5 Å². The molecule has 1 fully saturated rings. The van der Waals surface area contributed by atoms with E-state index in [9.17, 15) is 14.7 Å². The van der Waals surface area contributed by atoms with Gasteiger partial charge in [-0.2, -0.15) is 0 Å². The fourth-order valence-corrected chi connectivity index (χ4v) is 2.04. The van der Waals surface area contributed by atoms with Crippen molar-refractivity contribution < 1.29 is 24.2 Å². The van der Waals surface area contributed by atoms with E-state index in [1.54, 1.807) is 13.8 Å². The number of allylic oxidation sites excluding steroid dienone is 1. The molecular weight excluding hydrogens is 274 g/mol. The molecule has 1 heterocycles. The Bertz CT molecular complexity index is 422. The molecule has 2 N–H and O–H groups in total. The van der Waals surface area contributed by atoms with E-state index in [0.717, 1.165) is 32.1 Å². The number of carboxylic acids is 1. The van der Waals surface area contributed by atoms with Crippen molar-refractivity contribution in [3.05, 3.63) is 23.4 Å². The van der Waals surface area contributed by atoms with E-state index in [1.807, 2.05) is 0 Å². The molecule has 21 heavy (non-hydrogen) atoms. The number of aliphatic carboxylic acids is 1. The number of esters is 1. The zero-order chi connectivity index (χ0) is 15.7. The second-order valence-corrected chi connectivity index (χ2v) is 4.87. The maximum Gasteiger partial charge on any atom is 0.337 e. The van der Waals surface area contributed by atoms with E-state index in [2.05, 4.69) is 5.32 Å². The van der Waals surface area contributed by atoms with Gasteiger partial charge in [0.1, 0.15) is 0 Å². The molecule has 0 radical (unpaired) electrons. The highest BCUT2D eigenvalue weighted by atomic mass is 16.5. The molecule has 1 saturated heterocycles. The molecule has 0 saturated carbocycles. The van der Waals surface area contributed by atoms with Gasteiger partial charge in [-0.05, 0) is 38.7 Å². The summed E-state index contributed by atoms with van der Waals surface area (Å²) in [7, 11) is 0. The molecule has 0 bridgehead atoms. The predicted molar refractivity (Wildman–Crippen MR) is 77.7 cm³/mol. The van der Waals surface area contributed by atoms with Gasteiger partial charge in [-0.25, -0.2) is 9.59 Å². The number of ether oxygens (including phenoxy) is 2. The normalized spacial score (nSPS) is 17.4. The van der Waals surface area contributed by atoms with E-state index in [-0.39, 0.29) is 12.2 Å². The molecule has 0 aromatic carbocycles. The van der Waals surface area contributed by atoms with Crippen molar-refractivity contribution in [2.24, 2.45) is 5.92 Å². The number of nitrogens with one attached hydrogen (secondary N) is 1. The van der Waals surface area contributed by atoms with Crippen LogP contribution in [0.15, 0.2) is 23.4 Å². The van der Waals surface area contributed by atoms with Crippen molar-refractivity contribution in [3.63, 3.8) is 0 Å². The Morgan fingerprint density at radius 1 is 1.33 bits per heavy atom. The molecule has 0 atom stereocenters. The summed E-state index contributed by atoms with van der Waals surface area (Å²) in [5.41, 5.74) is 0.602. The van der Waals surface area contributed by atoms with Gasteiger partial charge in [0.05, 0.1) is 12.2 Å². The van der Waals surface area contributed by atoms with E-state index >= 15 is 0 Å². The van der Waals surface area contributed by atoms with Crippen LogP contribution in [-0.2, 0) is 19.1 Å². The van der Waals surface area contributed by atoms with E-state index < -0.39 is 11.9 Å². The van der Waals surface area contributed by atoms with Crippen LogP contribution < -0.4 is 5.32 Å². The summed E-state index contributed by atoms with van der Waals surface area (Å²) in [6, 6.07) is 0. The first kappa shape index (κ1) is 17.2. The Morgan fingerprint density at radius 3 is 2.57 bits per heavy atom. The molecule has 0 spiro atoms. The fraction of sp³-hybridized carbons (Fsp3) is 0.600. The highest BCUT2D eigenvalue weighted by Crippen LogP contribution is 2.14. The summed E-state index contributed by atoms with van der Waals surface area (Å²) in [5, 5.41) is 12.3. The van der Waals surface area contributed by atoms with Crippen LogP contribution in [0.25, 0.3) is 0 Å². The highest BCUT2D eigenvalue weighted by molar-refractivity contribution is 5.93. The van der Waals surface area contributed by atoms with Crippen LogP contribution in [0.3, 0.4) is 0 Å². The third kappa shape index (κ3) is 6.44. The Balaban J connectivity index is 2.62. The minimum Gasteiger partial charge on any atom is -0.478 e. The van der Waals surface area contributed by atoms with Crippen molar-refractivity contribution in [1.29, 1.82) is 0 Å². The molecule has 6 heteroatoms. The Hall–Kier alpha value is -1.82. The summed E-state index contributed by atoms with van der Waals surface area (Å²) < 4.78 is 10.0. The maximum atomic E-state index is 11.2. The van der Waals surface area contributed by atoms with Gasteiger partial charge in [-0.3, -0.25) is 0 Å². The van der Waals surface area contributed by atoms with Crippen molar-refractivity contribution in [2.45, 2.75) is 26.7 Å². The Labute approximate surface area is 124 Å². The SMILES string of the molecule is CCOC(=O)C=CC(C(=O)O)=C(C)NCC1CCOCC1. The number of hydrogen-bond acceptors (Lipinski definition) is 5. The second kappa shape index (κ2) is 9.18. The van der Waals surface area contributed by atoms with Crippen molar-refractivity contribution >= 4 is 11.9 Å². The van der Waals surface area contributed by atoms with Crippen molar-refractivity contribution in [2.75, 3.05) is 26.4 Å². The minimum absolute atomic E-state index is 0.0649. The summed E-state index contributed by atoms with van der Waals surface area (Å²) in [4.78, 5) is 22.5. The van der Waals surface area contributed by atoms with Crippen LogP contribution in [0.2, 0.25) is 0 Å². The van der Waals surface area contributed by atoms with Crippen molar-refractivity contribution in [3.8, 4) is 0 Å². The molecule has 1 aliphatic heterocycles. The lowest BCUT2D eigenvalue weighted by atomic mass is 10.0. The van der Waals surface area contributed by atoms with Gasteiger partial charge in [-0.15, -0.1) is 0 Å². The molecule has 1 aliphatic rings. The van der Waals surface area contributed by atoms with E-state index in [4.69, 9.17) is 9.47 Å². The molecule has 0 aromatic heterocycles. The lowest BCUT2D eigenvalue weighted by molar-refractivity contribution is -0.137. The third-order valence-corrected chi connectivity index (χ3v) is 3.30. The van der Waals surface area contributed by atoms with Crippen LogP contribution in [0.4, 0.5) is 0 Å². The van der Waals surface area contributed by atoms with Crippen molar-refractivity contribution in [1.82, 2.24) is 5.32 Å². The van der Waals surface area contributed by atoms with Gasteiger partial charge >= 0.3 is 11.9 Å². The summed E-state index contributed by atoms with van der Waals surface area (Å²) in [6.45, 7) is 5.86. The molecule has 0 amide bonds. The van der Waals surface area contributed by atoms with Crippen LogP contribution in [0, 0.1) is 5.92 Å². The lowest BCUT2D eigenvalue weighted by Gasteiger charge is -2.23. The number of carboxylic acid groups (broad SMARTS) is 1. The average molecular weight is 297 g/mol.